The van der Waals surface area contributed by atoms with Gasteiger partial charge >= 0.3 is 0 Å². The Morgan fingerprint density at radius 3 is 2.55 bits per heavy atom. The Balaban J connectivity index is 2.01. The van der Waals surface area contributed by atoms with Gasteiger partial charge in [0.15, 0.2) is 8.32 Å². The van der Waals surface area contributed by atoms with E-state index in [0.29, 0.717) is 18.8 Å². The fourth-order valence-corrected chi connectivity index (χ4v) is 3.72. The summed E-state index contributed by atoms with van der Waals surface area (Å²) in [5, 5.41) is 0.161. The molecule has 2 N–H and O–H groups in total. The number of hydrogen-bond acceptors (Lipinski definition) is 4. The molecule has 0 radical (unpaired) electrons. The van der Waals surface area contributed by atoms with E-state index in [9.17, 15) is 4.79 Å². The molecule has 1 unspecified atom stereocenters. The molecule has 1 aromatic rings. The molecule has 1 saturated heterocycles. The third-order valence-corrected chi connectivity index (χ3v) is 9.26. The molecule has 0 aliphatic carbocycles. The second kappa shape index (κ2) is 6.00. The Kier molecular flexibility index (Phi) is 4.63. The van der Waals surface area contributed by atoms with Gasteiger partial charge in [0.05, 0.1) is 24.4 Å². The van der Waals surface area contributed by atoms with E-state index in [-0.39, 0.29) is 17.0 Å². The van der Waals surface area contributed by atoms with Gasteiger partial charge in [-0.05, 0) is 36.7 Å². The lowest BCUT2D eigenvalue weighted by Crippen LogP contribution is -2.49. The number of carbonyl (C=O) groups excluding carboxylic acids is 1. The number of rotatable bonds is 3. The summed E-state index contributed by atoms with van der Waals surface area (Å²) in [5.41, 5.74) is 6.40. The standard InChI is InChI=1S/C16H27N3O2Si/c1-16(2,3)22(4,5)21-13-8-9-19(15(20)10-13)12-6-7-14(17)18-11-12/h6-7,11,13H,8-10H2,1-5H3,(H2,17,18). The minimum absolute atomic E-state index is 0.0337. The highest BCUT2D eigenvalue weighted by molar-refractivity contribution is 6.74. The Bertz CT molecular complexity index is 537. The summed E-state index contributed by atoms with van der Waals surface area (Å²) in [6, 6.07) is 3.57. The van der Waals surface area contributed by atoms with Crippen LogP contribution in [0.15, 0.2) is 18.3 Å². The van der Waals surface area contributed by atoms with E-state index in [1.54, 1.807) is 17.2 Å². The van der Waals surface area contributed by atoms with E-state index in [4.69, 9.17) is 10.2 Å². The monoisotopic (exact) mass is 321 g/mol. The summed E-state index contributed by atoms with van der Waals surface area (Å²) in [6.45, 7) is 11.8. The summed E-state index contributed by atoms with van der Waals surface area (Å²) in [6.07, 6.45) is 2.99. The van der Waals surface area contributed by atoms with Gasteiger partial charge in [0.2, 0.25) is 5.91 Å². The predicted octanol–water partition coefficient (Wildman–Crippen LogP) is 3.18. The minimum atomic E-state index is -1.83. The zero-order valence-corrected chi connectivity index (χ0v) is 15.2. The van der Waals surface area contributed by atoms with Crippen LogP contribution in [0.5, 0.6) is 0 Å². The molecule has 1 atom stereocenters. The maximum absolute atomic E-state index is 12.4. The first-order valence-corrected chi connectivity index (χ1v) is 10.7. The molecule has 1 amide bonds. The molecule has 1 aromatic heterocycles. The Morgan fingerprint density at radius 1 is 1.36 bits per heavy atom. The van der Waals surface area contributed by atoms with Crippen LogP contribution in [0.25, 0.3) is 0 Å². The Hall–Kier alpha value is -1.40. The van der Waals surface area contributed by atoms with Crippen molar-refractivity contribution >= 4 is 25.7 Å². The fraction of sp³-hybridized carbons (Fsp3) is 0.625. The van der Waals surface area contributed by atoms with E-state index in [0.717, 1.165) is 12.1 Å². The molecular weight excluding hydrogens is 294 g/mol. The van der Waals surface area contributed by atoms with Crippen LogP contribution in [0.4, 0.5) is 11.5 Å². The van der Waals surface area contributed by atoms with Crippen LogP contribution in [0, 0.1) is 0 Å². The average molecular weight is 321 g/mol. The van der Waals surface area contributed by atoms with Crippen LogP contribution in [0.2, 0.25) is 18.1 Å². The van der Waals surface area contributed by atoms with Gasteiger partial charge in [-0.1, -0.05) is 20.8 Å². The molecular formula is C16H27N3O2Si. The number of amides is 1. The molecule has 122 valence electrons. The highest BCUT2D eigenvalue weighted by atomic mass is 28.4. The van der Waals surface area contributed by atoms with E-state index >= 15 is 0 Å². The summed E-state index contributed by atoms with van der Waals surface area (Å²) in [4.78, 5) is 18.3. The second-order valence-electron chi connectivity index (χ2n) is 7.48. The van der Waals surface area contributed by atoms with Crippen molar-refractivity contribution in [2.24, 2.45) is 0 Å². The van der Waals surface area contributed by atoms with E-state index < -0.39 is 8.32 Å². The largest absolute Gasteiger partial charge is 0.413 e. The number of nitrogen functional groups attached to an aromatic ring is 1. The number of anilines is 2. The Morgan fingerprint density at radius 2 is 2.05 bits per heavy atom. The highest BCUT2D eigenvalue weighted by Gasteiger charge is 2.40. The van der Waals surface area contributed by atoms with Crippen LogP contribution in [-0.2, 0) is 9.22 Å². The zero-order valence-electron chi connectivity index (χ0n) is 14.2. The summed E-state index contributed by atoms with van der Waals surface area (Å²) in [7, 11) is -1.83. The predicted molar refractivity (Wildman–Crippen MR) is 92.3 cm³/mol. The SMILES string of the molecule is CC(C)(C)[Si](C)(C)OC1CCN(c2ccc(N)nc2)C(=O)C1. The lowest BCUT2D eigenvalue weighted by molar-refractivity contribution is -0.121. The van der Waals surface area contributed by atoms with E-state index in [2.05, 4.69) is 38.8 Å². The smallest absolute Gasteiger partial charge is 0.229 e. The second-order valence-corrected chi connectivity index (χ2v) is 12.2. The van der Waals surface area contributed by atoms with Crippen LogP contribution in [0.1, 0.15) is 33.6 Å². The highest BCUT2D eigenvalue weighted by Crippen LogP contribution is 2.38. The number of nitrogens with two attached hydrogens (primary N) is 1. The summed E-state index contributed by atoms with van der Waals surface area (Å²) >= 11 is 0. The van der Waals surface area contributed by atoms with Crippen molar-refractivity contribution in [1.82, 2.24) is 4.98 Å². The van der Waals surface area contributed by atoms with E-state index in [1.165, 1.54) is 0 Å². The average Bonchev–Trinajstić information content (AvgIpc) is 2.38. The lowest BCUT2D eigenvalue weighted by atomic mass is 10.1. The van der Waals surface area contributed by atoms with Gasteiger partial charge < -0.3 is 15.1 Å². The lowest BCUT2D eigenvalue weighted by Gasteiger charge is -2.41. The number of aromatic nitrogens is 1. The maximum Gasteiger partial charge on any atom is 0.229 e. The van der Waals surface area contributed by atoms with Crippen LogP contribution in [-0.4, -0.2) is 31.9 Å². The third kappa shape index (κ3) is 3.67. The van der Waals surface area contributed by atoms with Gasteiger partial charge in [0, 0.05) is 6.54 Å². The molecule has 0 saturated carbocycles. The number of piperidine rings is 1. The van der Waals surface area contributed by atoms with Crippen molar-refractivity contribution < 1.29 is 9.22 Å². The first-order chi connectivity index (χ1) is 10.1. The van der Waals surface area contributed by atoms with Gasteiger partial charge in [0.25, 0.3) is 0 Å². The minimum Gasteiger partial charge on any atom is -0.413 e. The molecule has 6 heteroatoms. The number of pyridine rings is 1. The van der Waals surface area contributed by atoms with Crippen molar-refractivity contribution in [3.63, 3.8) is 0 Å². The van der Waals surface area contributed by atoms with Crippen LogP contribution in [0.3, 0.4) is 0 Å². The Labute approximate surface area is 134 Å². The van der Waals surface area contributed by atoms with Gasteiger partial charge in [-0.25, -0.2) is 4.98 Å². The first-order valence-electron chi connectivity index (χ1n) is 7.80. The summed E-state index contributed by atoms with van der Waals surface area (Å²) < 4.78 is 6.37. The van der Waals surface area contributed by atoms with Gasteiger partial charge in [-0.15, -0.1) is 0 Å². The van der Waals surface area contributed by atoms with Gasteiger partial charge in [-0.2, -0.15) is 0 Å². The van der Waals surface area contributed by atoms with E-state index in [1.807, 2.05) is 6.07 Å². The van der Waals surface area contributed by atoms with Crippen LogP contribution >= 0.6 is 0 Å². The first kappa shape index (κ1) is 17.0. The quantitative estimate of drug-likeness (QED) is 0.868. The van der Waals surface area contributed by atoms with Crippen LogP contribution < -0.4 is 10.6 Å². The molecule has 22 heavy (non-hydrogen) atoms. The molecule has 1 aliphatic heterocycles. The number of nitrogens with zero attached hydrogens (tertiary/aromatic N) is 2. The van der Waals surface area contributed by atoms with Crippen molar-refractivity contribution in [2.45, 2.75) is 57.8 Å². The topological polar surface area (TPSA) is 68.5 Å². The molecule has 5 nitrogen and oxygen atoms in total. The molecule has 0 bridgehead atoms. The number of carbonyl (C=O) groups is 1. The maximum atomic E-state index is 12.4. The van der Waals surface area contributed by atoms with Crippen molar-refractivity contribution in [3.05, 3.63) is 18.3 Å². The van der Waals surface area contributed by atoms with Crippen molar-refractivity contribution in [1.29, 1.82) is 0 Å². The molecule has 1 aliphatic rings. The third-order valence-electron chi connectivity index (χ3n) is 4.73. The molecule has 0 spiro atoms. The van der Waals surface area contributed by atoms with Crippen molar-refractivity contribution in [2.75, 3.05) is 17.2 Å². The molecule has 0 aromatic carbocycles. The molecule has 2 rings (SSSR count). The molecule has 2 heterocycles. The van der Waals surface area contributed by atoms with Gasteiger partial charge in [0.1, 0.15) is 5.82 Å². The summed E-state index contributed by atoms with van der Waals surface area (Å²) in [5.74, 6) is 0.564. The van der Waals surface area contributed by atoms with Gasteiger partial charge in [-0.3, -0.25) is 4.79 Å². The van der Waals surface area contributed by atoms with Crippen molar-refractivity contribution in [3.8, 4) is 0 Å². The fourth-order valence-electron chi connectivity index (χ4n) is 2.33. The number of hydrogen-bond donors (Lipinski definition) is 1. The molecule has 1 fully saturated rings. The zero-order chi connectivity index (χ0) is 16.5. The normalized spacial score (nSPS) is 20.3.